The van der Waals surface area contributed by atoms with Gasteiger partial charge in [-0.2, -0.15) is 5.10 Å². The average Bonchev–Trinajstić information content (AvgIpc) is 2.98. The number of aliphatic carboxylic acids is 1. The molecule has 0 bridgehead atoms. The van der Waals surface area contributed by atoms with Crippen LogP contribution in [0, 0.1) is 11.3 Å². The van der Waals surface area contributed by atoms with E-state index in [1.165, 1.54) is 11.2 Å². The maximum Gasteiger partial charge on any atom is 0.311 e. The lowest BCUT2D eigenvalue weighted by Gasteiger charge is -2.28. The molecule has 2 rings (SSSR count). The van der Waals surface area contributed by atoms with Crippen molar-refractivity contribution in [3.63, 3.8) is 0 Å². The van der Waals surface area contributed by atoms with E-state index in [0.717, 1.165) is 0 Å². The SMILES string of the molecule is CC(C)C1(C(=O)O)CCN(C(=O)c2ncn[nH]2)C1. The van der Waals surface area contributed by atoms with E-state index in [1.54, 1.807) is 0 Å². The lowest BCUT2D eigenvalue weighted by molar-refractivity contribution is -0.150. The molecular weight excluding hydrogens is 236 g/mol. The molecule has 2 N–H and O–H groups in total. The number of aromatic amines is 1. The first-order valence-corrected chi connectivity index (χ1v) is 5.85. The summed E-state index contributed by atoms with van der Waals surface area (Å²) < 4.78 is 0. The van der Waals surface area contributed by atoms with Gasteiger partial charge in [-0.1, -0.05) is 13.8 Å². The average molecular weight is 252 g/mol. The molecule has 7 heteroatoms. The Labute approximate surface area is 104 Å². The fourth-order valence-electron chi connectivity index (χ4n) is 2.36. The number of hydrogen-bond acceptors (Lipinski definition) is 4. The highest BCUT2D eigenvalue weighted by molar-refractivity contribution is 5.91. The third kappa shape index (κ3) is 1.85. The van der Waals surface area contributed by atoms with Crippen molar-refractivity contribution in [3.8, 4) is 0 Å². The summed E-state index contributed by atoms with van der Waals surface area (Å²) in [5.74, 6) is -1.01. The van der Waals surface area contributed by atoms with Crippen LogP contribution in [-0.4, -0.2) is 50.2 Å². The van der Waals surface area contributed by atoms with Crippen LogP contribution >= 0.6 is 0 Å². The van der Waals surface area contributed by atoms with Crippen LogP contribution in [0.25, 0.3) is 0 Å². The number of carbonyl (C=O) groups is 2. The molecule has 2 heterocycles. The molecule has 7 nitrogen and oxygen atoms in total. The van der Waals surface area contributed by atoms with Gasteiger partial charge in [0, 0.05) is 13.1 Å². The van der Waals surface area contributed by atoms with E-state index in [2.05, 4.69) is 15.2 Å². The second kappa shape index (κ2) is 4.40. The maximum atomic E-state index is 12.0. The maximum absolute atomic E-state index is 12.0. The number of nitrogens with one attached hydrogen (secondary N) is 1. The monoisotopic (exact) mass is 252 g/mol. The van der Waals surface area contributed by atoms with E-state index in [4.69, 9.17) is 0 Å². The summed E-state index contributed by atoms with van der Waals surface area (Å²) >= 11 is 0. The van der Waals surface area contributed by atoms with E-state index in [0.29, 0.717) is 13.0 Å². The zero-order chi connectivity index (χ0) is 13.3. The molecule has 1 aromatic heterocycles. The largest absolute Gasteiger partial charge is 0.481 e. The second-order valence-electron chi connectivity index (χ2n) is 4.93. The molecule has 1 aromatic rings. The van der Waals surface area contributed by atoms with Crippen LogP contribution in [-0.2, 0) is 4.79 Å². The number of likely N-dealkylation sites (tertiary alicyclic amines) is 1. The van der Waals surface area contributed by atoms with Gasteiger partial charge < -0.3 is 10.0 Å². The first kappa shape index (κ1) is 12.5. The van der Waals surface area contributed by atoms with Crippen LogP contribution in [0.4, 0.5) is 0 Å². The van der Waals surface area contributed by atoms with Crippen molar-refractivity contribution < 1.29 is 14.7 Å². The van der Waals surface area contributed by atoms with E-state index in [9.17, 15) is 14.7 Å². The molecule has 1 fully saturated rings. The van der Waals surface area contributed by atoms with Crippen LogP contribution in [0.3, 0.4) is 0 Å². The Kier molecular flexibility index (Phi) is 3.06. The number of hydrogen-bond donors (Lipinski definition) is 2. The predicted molar refractivity (Wildman–Crippen MR) is 61.8 cm³/mol. The molecule has 0 radical (unpaired) electrons. The van der Waals surface area contributed by atoms with Crippen molar-refractivity contribution in [3.05, 3.63) is 12.2 Å². The van der Waals surface area contributed by atoms with Crippen LogP contribution < -0.4 is 0 Å². The highest BCUT2D eigenvalue weighted by Crippen LogP contribution is 2.38. The Morgan fingerprint density at radius 3 is 2.72 bits per heavy atom. The summed E-state index contributed by atoms with van der Waals surface area (Å²) in [5, 5.41) is 15.5. The van der Waals surface area contributed by atoms with Gasteiger partial charge in [0.15, 0.2) is 0 Å². The molecule has 1 saturated heterocycles. The number of H-pyrrole nitrogens is 1. The Morgan fingerprint density at radius 2 is 2.28 bits per heavy atom. The molecule has 0 spiro atoms. The topological polar surface area (TPSA) is 99.2 Å². The standard InChI is InChI=1S/C11H16N4O3/c1-7(2)11(10(17)18)3-4-15(5-11)9(16)8-12-6-13-14-8/h6-7H,3-5H2,1-2H3,(H,17,18)(H,12,13,14). The number of nitrogens with zero attached hydrogens (tertiary/aromatic N) is 3. The molecule has 0 saturated carbocycles. The molecule has 0 aromatic carbocycles. The van der Waals surface area contributed by atoms with Crippen molar-refractivity contribution in [2.24, 2.45) is 11.3 Å². The van der Waals surface area contributed by atoms with E-state index in [-0.39, 0.29) is 24.2 Å². The summed E-state index contributed by atoms with van der Waals surface area (Å²) in [7, 11) is 0. The van der Waals surface area contributed by atoms with Crippen LogP contribution in [0.1, 0.15) is 30.9 Å². The number of aromatic nitrogens is 3. The number of carboxylic acid groups (broad SMARTS) is 1. The molecule has 1 aliphatic rings. The van der Waals surface area contributed by atoms with Gasteiger partial charge in [0.25, 0.3) is 5.91 Å². The van der Waals surface area contributed by atoms with E-state index < -0.39 is 11.4 Å². The van der Waals surface area contributed by atoms with Crippen molar-refractivity contribution >= 4 is 11.9 Å². The molecular formula is C11H16N4O3. The minimum atomic E-state index is -0.852. The molecule has 98 valence electrons. The fraction of sp³-hybridized carbons (Fsp3) is 0.636. The first-order valence-electron chi connectivity index (χ1n) is 5.85. The number of amides is 1. The Balaban J connectivity index is 2.17. The van der Waals surface area contributed by atoms with Gasteiger partial charge >= 0.3 is 5.97 Å². The smallest absolute Gasteiger partial charge is 0.311 e. The third-order valence-electron chi connectivity index (χ3n) is 3.74. The first-order chi connectivity index (χ1) is 8.47. The summed E-state index contributed by atoms with van der Waals surface area (Å²) in [4.78, 5) is 28.8. The van der Waals surface area contributed by atoms with E-state index >= 15 is 0 Å². The number of carbonyl (C=O) groups excluding carboxylic acids is 1. The summed E-state index contributed by atoms with van der Waals surface area (Å²) in [5.41, 5.74) is -0.852. The van der Waals surface area contributed by atoms with Crippen LogP contribution in [0.5, 0.6) is 0 Å². The highest BCUT2D eigenvalue weighted by Gasteiger charge is 2.48. The summed E-state index contributed by atoms with van der Waals surface area (Å²) in [6.45, 7) is 4.40. The zero-order valence-corrected chi connectivity index (χ0v) is 10.4. The fourth-order valence-corrected chi connectivity index (χ4v) is 2.36. The molecule has 1 atom stereocenters. The minimum absolute atomic E-state index is 0.0254. The van der Waals surface area contributed by atoms with Gasteiger partial charge in [0.1, 0.15) is 6.33 Å². The van der Waals surface area contributed by atoms with Crippen molar-refractivity contribution in [2.75, 3.05) is 13.1 Å². The van der Waals surface area contributed by atoms with Gasteiger partial charge in [-0.25, -0.2) is 4.98 Å². The Hall–Kier alpha value is -1.92. The van der Waals surface area contributed by atoms with Gasteiger partial charge in [-0.15, -0.1) is 0 Å². The van der Waals surface area contributed by atoms with Crippen molar-refractivity contribution in [1.82, 2.24) is 20.1 Å². The van der Waals surface area contributed by atoms with Gasteiger partial charge in [0.2, 0.25) is 5.82 Å². The molecule has 1 amide bonds. The lowest BCUT2D eigenvalue weighted by Crippen LogP contribution is -2.40. The van der Waals surface area contributed by atoms with Crippen molar-refractivity contribution in [1.29, 1.82) is 0 Å². The Bertz CT molecular complexity index is 457. The molecule has 18 heavy (non-hydrogen) atoms. The quantitative estimate of drug-likeness (QED) is 0.810. The highest BCUT2D eigenvalue weighted by atomic mass is 16.4. The van der Waals surface area contributed by atoms with Crippen molar-refractivity contribution in [2.45, 2.75) is 20.3 Å². The number of carboxylic acids is 1. The summed E-state index contributed by atoms with van der Waals surface area (Å²) in [6, 6.07) is 0. The predicted octanol–water partition coefficient (Wildman–Crippen LogP) is 0.378. The van der Waals surface area contributed by atoms with E-state index in [1.807, 2.05) is 13.8 Å². The normalized spacial score (nSPS) is 23.6. The Morgan fingerprint density at radius 1 is 1.56 bits per heavy atom. The van der Waals surface area contributed by atoms with Gasteiger partial charge in [-0.3, -0.25) is 14.7 Å². The molecule has 1 aliphatic heterocycles. The third-order valence-corrected chi connectivity index (χ3v) is 3.74. The zero-order valence-electron chi connectivity index (χ0n) is 10.4. The van der Waals surface area contributed by atoms with Gasteiger partial charge in [-0.05, 0) is 12.3 Å². The second-order valence-corrected chi connectivity index (χ2v) is 4.93. The van der Waals surface area contributed by atoms with Crippen LogP contribution in [0.2, 0.25) is 0 Å². The van der Waals surface area contributed by atoms with Gasteiger partial charge in [0.05, 0.1) is 5.41 Å². The molecule has 1 unspecified atom stereocenters. The molecule has 0 aliphatic carbocycles. The van der Waals surface area contributed by atoms with Crippen LogP contribution in [0.15, 0.2) is 6.33 Å². The summed E-state index contributed by atoms with van der Waals surface area (Å²) in [6.07, 6.45) is 1.73. The minimum Gasteiger partial charge on any atom is -0.481 e. The lowest BCUT2D eigenvalue weighted by atomic mass is 9.76. The number of rotatable bonds is 3.